The van der Waals surface area contributed by atoms with E-state index in [0.29, 0.717) is 29.1 Å². The Morgan fingerprint density at radius 3 is 2.83 bits per heavy atom. The van der Waals surface area contributed by atoms with E-state index < -0.39 is 5.82 Å². The summed E-state index contributed by atoms with van der Waals surface area (Å²) in [6, 6.07) is 14.0. The number of halogens is 1. The van der Waals surface area contributed by atoms with Gasteiger partial charge in [0.15, 0.2) is 11.4 Å². The Balaban J connectivity index is 1.53. The van der Waals surface area contributed by atoms with E-state index in [0.717, 1.165) is 16.8 Å². The molecule has 5 rings (SSSR count). The van der Waals surface area contributed by atoms with Gasteiger partial charge in [-0.2, -0.15) is 0 Å². The number of carbonyl (C=O) groups excluding carboxylic acids is 2. The number of hydrogen-bond acceptors (Lipinski definition) is 4. The number of carbonyl (C=O) groups is 2. The minimum absolute atomic E-state index is 0.0492. The molecule has 0 atom stereocenters. The number of nitrogens with zero attached hydrogens (tertiary/aromatic N) is 2. The van der Waals surface area contributed by atoms with Gasteiger partial charge in [-0.3, -0.25) is 14.0 Å². The van der Waals surface area contributed by atoms with Crippen molar-refractivity contribution in [1.29, 1.82) is 0 Å². The van der Waals surface area contributed by atoms with E-state index in [2.05, 4.69) is 15.6 Å². The van der Waals surface area contributed by atoms with Crippen LogP contribution in [0.15, 0.2) is 60.9 Å². The van der Waals surface area contributed by atoms with Crippen molar-refractivity contribution in [3.05, 3.63) is 83.4 Å². The molecule has 2 aromatic heterocycles. The molecule has 0 aliphatic carbocycles. The highest BCUT2D eigenvalue weighted by Crippen LogP contribution is 2.30. The number of aromatic nitrogens is 2. The van der Waals surface area contributed by atoms with Crippen molar-refractivity contribution in [2.45, 2.75) is 13.5 Å². The highest BCUT2D eigenvalue weighted by Gasteiger charge is 2.19. The molecule has 0 bridgehead atoms. The Morgan fingerprint density at radius 2 is 2.03 bits per heavy atom. The molecule has 7 heteroatoms. The molecule has 2 aromatic carbocycles. The maximum atomic E-state index is 14.2. The minimum atomic E-state index is -0.565. The zero-order valence-corrected chi connectivity index (χ0v) is 16.1. The fraction of sp³-hybridized carbons (Fsp3) is 0.0870. The second-order valence-corrected chi connectivity index (χ2v) is 7.18. The fourth-order valence-electron chi connectivity index (χ4n) is 3.77. The van der Waals surface area contributed by atoms with Crippen molar-refractivity contribution in [3.63, 3.8) is 0 Å². The van der Waals surface area contributed by atoms with Crippen molar-refractivity contribution in [3.8, 4) is 11.3 Å². The molecule has 0 radical (unpaired) electrons. The number of nitrogens with one attached hydrogen (secondary N) is 2. The van der Waals surface area contributed by atoms with Gasteiger partial charge in [0.2, 0.25) is 0 Å². The summed E-state index contributed by atoms with van der Waals surface area (Å²) in [5.41, 5.74) is 5.53. The van der Waals surface area contributed by atoms with Crippen LogP contribution < -0.4 is 10.6 Å². The number of imidazole rings is 1. The predicted molar refractivity (Wildman–Crippen MR) is 111 cm³/mol. The summed E-state index contributed by atoms with van der Waals surface area (Å²) in [5.74, 6) is -0.929. The minimum Gasteiger partial charge on any atom is -0.352 e. The Bertz CT molecular complexity index is 1340. The smallest absolute Gasteiger partial charge is 0.251 e. The van der Waals surface area contributed by atoms with Crippen LogP contribution in [0.4, 0.5) is 15.8 Å². The lowest BCUT2D eigenvalue weighted by Crippen LogP contribution is -2.12. The van der Waals surface area contributed by atoms with Crippen molar-refractivity contribution in [1.82, 2.24) is 14.7 Å². The number of rotatable bonds is 4. The van der Waals surface area contributed by atoms with Gasteiger partial charge in [-0.25, -0.2) is 9.37 Å². The Morgan fingerprint density at radius 1 is 1.17 bits per heavy atom. The van der Waals surface area contributed by atoms with Gasteiger partial charge >= 0.3 is 0 Å². The second kappa shape index (κ2) is 6.81. The van der Waals surface area contributed by atoms with Crippen molar-refractivity contribution in [2.24, 2.45) is 0 Å². The molecule has 0 spiro atoms. The van der Waals surface area contributed by atoms with Crippen molar-refractivity contribution in [2.75, 3.05) is 5.32 Å². The molecule has 2 N–H and O–H groups in total. The van der Waals surface area contributed by atoms with Crippen LogP contribution in [-0.2, 0) is 6.54 Å². The van der Waals surface area contributed by atoms with E-state index in [1.165, 1.54) is 19.1 Å². The SMILES string of the molecule is CC(=O)c1ccc(Nc2ccc(-c3ccc4c(c3)CNC4=O)n3ccnc23)cc1F. The molecule has 1 aliphatic rings. The normalized spacial score (nSPS) is 12.7. The van der Waals surface area contributed by atoms with E-state index in [4.69, 9.17) is 0 Å². The molecule has 1 aliphatic heterocycles. The maximum absolute atomic E-state index is 14.2. The lowest BCUT2D eigenvalue weighted by molar-refractivity contribution is 0.0964. The van der Waals surface area contributed by atoms with E-state index >= 15 is 0 Å². The maximum Gasteiger partial charge on any atom is 0.251 e. The number of Topliss-reactive ketones (excluding diaryl/α,β-unsaturated/α-hetero) is 1. The molecule has 0 fully saturated rings. The summed E-state index contributed by atoms with van der Waals surface area (Å²) >= 11 is 0. The monoisotopic (exact) mass is 400 g/mol. The molecular weight excluding hydrogens is 383 g/mol. The lowest BCUT2D eigenvalue weighted by Gasteiger charge is -2.13. The molecule has 4 aromatic rings. The van der Waals surface area contributed by atoms with Crippen LogP contribution in [0.1, 0.15) is 33.2 Å². The van der Waals surface area contributed by atoms with E-state index in [1.807, 2.05) is 40.9 Å². The summed E-state index contributed by atoms with van der Waals surface area (Å²) in [5, 5.41) is 6.00. The van der Waals surface area contributed by atoms with Crippen LogP contribution in [0.5, 0.6) is 0 Å². The molecule has 1 amide bonds. The fourth-order valence-corrected chi connectivity index (χ4v) is 3.77. The molecule has 0 saturated carbocycles. The van der Waals surface area contributed by atoms with Crippen LogP contribution >= 0.6 is 0 Å². The number of ketones is 1. The number of hydrogen-bond donors (Lipinski definition) is 2. The first kappa shape index (κ1) is 18.1. The molecule has 0 saturated heterocycles. The zero-order chi connectivity index (χ0) is 20.8. The average Bonchev–Trinajstić information content (AvgIpc) is 3.35. The van der Waals surface area contributed by atoms with Crippen LogP contribution in [0.2, 0.25) is 0 Å². The van der Waals surface area contributed by atoms with E-state index in [1.54, 1.807) is 12.3 Å². The summed E-state index contributed by atoms with van der Waals surface area (Å²) in [7, 11) is 0. The highest BCUT2D eigenvalue weighted by atomic mass is 19.1. The quantitative estimate of drug-likeness (QED) is 0.500. The Hall–Kier alpha value is -4.00. The van der Waals surface area contributed by atoms with Gasteiger partial charge in [0, 0.05) is 30.2 Å². The number of amides is 1. The van der Waals surface area contributed by atoms with Gasteiger partial charge in [-0.1, -0.05) is 6.07 Å². The largest absolute Gasteiger partial charge is 0.352 e. The topological polar surface area (TPSA) is 75.5 Å². The Labute approximate surface area is 171 Å². The standard InChI is InChI=1S/C23H17FN4O2/c1-13(29)17-5-3-16(11-19(17)24)27-20-6-7-21(28-9-8-25-22(20)28)14-2-4-18-15(10-14)12-26-23(18)30/h2-11,27H,12H2,1H3,(H,26,30). The van der Waals surface area contributed by atoms with Gasteiger partial charge in [0.05, 0.1) is 16.9 Å². The van der Waals surface area contributed by atoms with Gasteiger partial charge in [-0.05, 0) is 60.5 Å². The van der Waals surface area contributed by atoms with Crippen LogP contribution in [0.25, 0.3) is 16.9 Å². The van der Waals surface area contributed by atoms with Gasteiger partial charge in [0.1, 0.15) is 5.82 Å². The first-order chi connectivity index (χ1) is 14.5. The van der Waals surface area contributed by atoms with Crippen molar-refractivity contribution >= 4 is 28.7 Å². The van der Waals surface area contributed by atoms with E-state index in [9.17, 15) is 14.0 Å². The average molecular weight is 400 g/mol. The van der Waals surface area contributed by atoms with Crippen LogP contribution in [0, 0.1) is 5.82 Å². The molecule has 3 heterocycles. The summed E-state index contributed by atoms with van der Waals surface area (Å²) in [4.78, 5) is 27.7. The predicted octanol–water partition coefficient (Wildman–Crippen LogP) is 4.33. The van der Waals surface area contributed by atoms with Crippen molar-refractivity contribution < 1.29 is 14.0 Å². The highest BCUT2D eigenvalue weighted by molar-refractivity contribution is 5.99. The molecule has 30 heavy (non-hydrogen) atoms. The lowest BCUT2D eigenvalue weighted by atomic mass is 10.0. The van der Waals surface area contributed by atoms with Gasteiger partial charge in [0.25, 0.3) is 5.91 Å². The first-order valence-corrected chi connectivity index (χ1v) is 9.46. The first-order valence-electron chi connectivity index (χ1n) is 9.46. The third-order valence-electron chi connectivity index (χ3n) is 5.26. The van der Waals surface area contributed by atoms with Gasteiger partial charge < -0.3 is 10.6 Å². The molecular formula is C23H17FN4O2. The van der Waals surface area contributed by atoms with E-state index in [-0.39, 0.29) is 17.3 Å². The second-order valence-electron chi connectivity index (χ2n) is 7.18. The Kier molecular flexibility index (Phi) is 4.10. The molecule has 6 nitrogen and oxygen atoms in total. The molecule has 0 unspecified atom stereocenters. The van der Waals surface area contributed by atoms with Crippen LogP contribution in [0.3, 0.4) is 0 Å². The summed E-state index contributed by atoms with van der Waals surface area (Å²) in [6.07, 6.45) is 3.55. The summed E-state index contributed by atoms with van der Waals surface area (Å²) in [6.45, 7) is 1.86. The number of anilines is 2. The number of pyridine rings is 1. The summed E-state index contributed by atoms with van der Waals surface area (Å²) < 4.78 is 16.1. The van der Waals surface area contributed by atoms with Crippen LogP contribution in [-0.4, -0.2) is 21.1 Å². The zero-order valence-electron chi connectivity index (χ0n) is 16.1. The molecule has 148 valence electrons. The number of fused-ring (bicyclic) bond motifs is 2. The third kappa shape index (κ3) is 2.91. The number of benzene rings is 2. The van der Waals surface area contributed by atoms with Gasteiger partial charge in [-0.15, -0.1) is 0 Å². The third-order valence-corrected chi connectivity index (χ3v) is 5.26.